The van der Waals surface area contributed by atoms with Crippen LogP contribution in [0.15, 0.2) is 18.2 Å². The van der Waals surface area contributed by atoms with Gasteiger partial charge in [-0.25, -0.2) is 13.6 Å². The Morgan fingerprint density at radius 2 is 2.00 bits per heavy atom. The molecule has 0 unspecified atom stereocenters. The number of nitrogens with two attached hydrogens (primary N) is 1. The number of hydrogen-bond donors (Lipinski definition) is 2. The predicted molar refractivity (Wildman–Crippen MR) is 64.2 cm³/mol. The second-order valence-corrected chi connectivity index (χ2v) is 4.35. The Morgan fingerprint density at radius 3 is 2.61 bits per heavy atom. The summed E-state index contributed by atoms with van der Waals surface area (Å²) >= 11 is 0. The quantitative estimate of drug-likeness (QED) is 0.848. The number of halogens is 2. The van der Waals surface area contributed by atoms with E-state index >= 15 is 0 Å². The fourth-order valence-electron chi connectivity index (χ4n) is 2.08. The van der Waals surface area contributed by atoms with Crippen molar-refractivity contribution >= 4 is 11.7 Å². The number of carbonyl (C=O) groups excluding carboxylic acids is 1. The van der Waals surface area contributed by atoms with Gasteiger partial charge in [0.25, 0.3) is 0 Å². The third-order valence-corrected chi connectivity index (χ3v) is 3.12. The first-order valence-corrected chi connectivity index (χ1v) is 5.83. The number of amides is 2. The summed E-state index contributed by atoms with van der Waals surface area (Å²) in [6, 6.07) is 3.62. The number of carbonyl (C=O) groups is 1. The fourth-order valence-corrected chi connectivity index (χ4v) is 2.08. The molecule has 0 spiro atoms. The summed E-state index contributed by atoms with van der Waals surface area (Å²) in [5.74, 6) is -1.73. The molecule has 3 N–H and O–H groups in total. The maximum atomic E-state index is 13.4. The molecule has 98 valence electrons. The number of urea groups is 1. The van der Waals surface area contributed by atoms with Crippen LogP contribution in [0.5, 0.6) is 0 Å². The van der Waals surface area contributed by atoms with Gasteiger partial charge in [-0.2, -0.15) is 0 Å². The molecule has 1 aromatic carbocycles. The Hall–Kier alpha value is -1.85. The van der Waals surface area contributed by atoms with Crippen LogP contribution in [0.2, 0.25) is 0 Å². The number of nitrogens with zero attached hydrogens (tertiary/aromatic N) is 1. The first-order valence-electron chi connectivity index (χ1n) is 5.83. The zero-order valence-corrected chi connectivity index (χ0v) is 9.83. The van der Waals surface area contributed by atoms with E-state index in [2.05, 4.69) is 5.32 Å². The minimum absolute atomic E-state index is 0.0249. The molecule has 18 heavy (non-hydrogen) atoms. The molecule has 1 fully saturated rings. The van der Waals surface area contributed by atoms with E-state index in [4.69, 9.17) is 5.73 Å². The molecule has 2 amide bonds. The molecule has 0 atom stereocenters. The Balaban J connectivity index is 1.96. The summed E-state index contributed by atoms with van der Waals surface area (Å²) in [6.07, 6.45) is 1.33. The van der Waals surface area contributed by atoms with Crippen molar-refractivity contribution in [2.75, 3.05) is 18.4 Å². The fraction of sp³-hybridized carbons (Fsp3) is 0.417. The van der Waals surface area contributed by atoms with Crippen molar-refractivity contribution in [1.29, 1.82) is 0 Å². The number of nitrogens with one attached hydrogen (secondary N) is 1. The van der Waals surface area contributed by atoms with E-state index in [1.165, 1.54) is 12.1 Å². The monoisotopic (exact) mass is 255 g/mol. The summed E-state index contributed by atoms with van der Waals surface area (Å²) in [5, 5.41) is 2.96. The highest BCUT2D eigenvalue weighted by molar-refractivity contribution is 5.72. The van der Waals surface area contributed by atoms with Gasteiger partial charge in [-0.15, -0.1) is 0 Å². The maximum absolute atomic E-state index is 13.4. The maximum Gasteiger partial charge on any atom is 0.314 e. The minimum atomic E-state index is -0.866. The van der Waals surface area contributed by atoms with Crippen molar-refractivity contribution in [2.24, 2.45) is 5.73 Å². The number of primary amides is 1. The minimum Gasteiger partial charge on any atom is -0.380 e. The molecule has 1 aromatic rings. The van der Waals surface area contributed by atoms with Crippen LogP contribution in [-0.2, 0) is 0 Å². The predicted octanol–water partition coefficient (Wildman–Crippen LogP) is 1.92. The number of piperidine rings is 1. The van der Waals surface area contributed by atoms with Crippen molar-refractivity contribution in [3.8, 4) is 0 Å². The van der Waals surface area contributed by atoms with Crippen LogP contribution in [-0.4, -0.2) is 30.1 Å². The zero-order chi connectivity index (χ0) is 13.1. The average molecular weight is 255 g/mol. The zero-order valence-electron chi connectivity index (χ0n) is 9.83. The highest BCUT2D eigenvalue weighted by Crippen LogP contribution is 2.21. The lowest BCUT2D eigenvalue weighted by molar-refractivity contribution is 0.193. The summed E-state index contributed by atoms with van der Waals surface area (Å²) in [5.41, 5.74) is 5.33. The summed E-state index contributed by atoms with van der Waals surface area (Å²) < 4.78 is 26.5. The van der Waals surface area contributed by atoms with E-state index < -0.39 is 17.7 Å². The Labute approximate surface area is 104 Å². The van der Waals surface area contributed by atoms with E-state index in [9.17, 15) is 13.6 Å². The van der Waals surface area contributed by atoms with Crippen molar-refractivity contribution in [3.63, 3.8) is 0 Å². The number of anilines is 1. The number of likely N-dealkylation sites (tertiary alicyclic amines) is 1. The summed E-state index contributed by atoms with van der Waals surface area (Å²) in [7, 11) is 0. The van der Waals surface area contributed by atoms with Crippen LogP contribution >= 0.6 is 0 Å². The first-order chi connectivity index (χ1) is 8.58. The lowest BCUT2D eigenvalue weighted by atomic mass is 10.0. The van der Waals surface area contributed by atoms with Crippen LogP contribution in [0.4, 0.5) is 19.3 Å². The van der Waals surface area contributed by atoms with Crippen molar-refractivity contribution in [1.82, 2.24) is 4.90 Å². The molecule has 1 aliphatic rings. The molecule has 6 heteroatoms. The van der Waals surface area contributed by atoms with Gasteiger partial charge in [-0.05, 0) is 25.0 Å². The van der Waals surface area contributed by atoms with E-state index in [0.29, 0.717) is 25.9 Å². The average Bonchev–Trinajstić information content (AvgIpc) is 2.36. The van der Waals surface area contributed by atoms with Gasteiger partial charge < -0.3 is 16.0 Å². The van der Waals surface area contributed by atoms with Gasteiger partial charge in [0.05, 0.1) is 5.69 Å². The molecular weight excluding hydrogens is 240 g/mol. The Morgan fingerprint density at radius 1 is 1.33 bits per heavy atom. The van der Waals surface area contributed by atoms with Crippen molar-refractivity contribution in [3.05, 3.63) is 29.8 Å². The second kappa shape index (κ2) is 5.20. The highest BCUT2D eigenvalue weighted by atomic mass is 19.2. The van der Waals surface area contributed by atoms with Crippen LogP contribution in [0, 0.1) is 11.6 Å². The highest BCUT2D eigenvalue weighted by Gasteiger charge is 2.22. The second-order valence-electron chi connectivity index (χ2n) is 4.35. The molecule has 0 bridgehead atoms. The van der Waals surface area contributed by atoms with Gasteiger partial charge in [-0.1, -0.05) is 6.07 Å². The molecule has 0 radical (unpaired) electrons. The number of benzene rings is 1. The van der Waals surface area contributed by atoms with Gasteiger partial charge in [0.1, 0.15) is 0 Å². The molecule has 0 aliphatic carbocycles. The molecule has 0 aromatic heterocycles. The molecular formula is C12H15F2N3O. The molecule has 0 saturated carbocycles. The lowest BCUT2D eigenvalue weighted by Crippen LogP contribution is -2.44. The van der Waals surface area contributed by atoms with Crippen LogP contribution in [0.3, 0.4) is 0 Å². The molecule has 1 saturated heterocycles. The van der Waals surface area contributed by atoms with Gasteiger partial charge in [0, 0.05) is 19.1 Å². The lowest BCUT2D eigenvalue weighted by Gasteiger charge is -2.31. The van der Waals surface area contributed by atoms with Crippen molar-refractivity contribution in [2.45, 2.75) is 18.9 Å². The van der Waals surface area contributed by atoms with Gasteiger partial charge >= 0.3 is 6.03 Å². The number of rotatable bonds is 2. The molecule has 4 nitrogen and oxygen atoms in total. The molecule has 2 rings (SSSR count). The SMILES string of the molecule is NC(=O)N1CCC(Nc2cccc(F)c2F)CC1. The Bertz CT molecular complexity index is 445. The van der Waals surface area contributed by atoms with E-state index in [-0.39, 0.29) is 11.7 Å². The van der Waals surface area contributed by atoms with Crippen molar-refractivity contribution < 1.29 is 13.6 Å². The molecule has 1 heterocycles. The molecule has 1 aliphatic heterocycles. The van der Waals surface area contributed by atoms with E-state index in [1.807, 2.05) is 0 Å². The third-order valence-electron chi connectivity index (χ3n) is 3.12. The van der Waals surface area contributed by atoms with E-state index in [1.54, 1.807) is 4.90 Å². The summed E-state index contributed by atoms with van der Waals surface area (Å²) in [6.45, 7) is 1.06. The third kappa shape index (κ3) is 2.69. The van der Waals surface area contributed by atoms with Crippen LogP contribution in [0.1, 0.15) is 12.8 Å². The Kier molecular flexibility index (Phi) is 3.64. The van der Waals surface area contributed by atoms with Gasteiger partial charge in [0.2, 0.25) is 0 Å². The van der Waals surface area contributed by atoms with Crippen LogP contribution in [0.25, 0.3) is 0 Å². The largest absolute Gasteiger partial charge is 0.380 e. The topological polar surface area (TPSA) is 58.4 Å². The first kappa shape index (κ1) is 12.6. The van der Waals surface area contributed by atoms with Gasteiger partial charge in [-0.3, -0.25) is 0 Å². The van der Waals surface area contributed by atoms with E-state index in [0.717, 1.165) is 6.07 Å². The smallest absolute Gasteiger partial charge is 0.314 e. The van der Waals surface area contributed by atoms with Gasteiger partial charge in [0.15, 0.2) is 11.6 Å². The van der Waals surface area contributed by atoms with Crippen LogP contribution < -0.4 is 11.1 Å². The normalized spacial score (nSPS) is 16.7. The summed E-state index contributed by atoms with van der Waals surface area (Å²) in [4.78, 5) is 12.5. The number of hydrogen-bond acceptors (Lipinski definition) is 2. The standard InChI is InChI=1S/C12H15F2N3O/c13-9-2-1-3-10(11(9)14)16-8-4-6-17(7-5-8)12(15)18/h1-3,8,16H,4-7H2,(H2,15,18).